The van der Waals surface area contributed by atoms with Crippen LogP contribution in [0.15, 0.2) is 18.2 Å². The van der Waals surface area contributed by atoms with E-state index in [9.17, 15) is 19.1 Å². The molecule has 0 aromatic heterocycles. The topological polar surface area (TPSA) is 77.8 Å². The van der Waals surface area contributed by atoms with Crippen molar-refractivity contribution in [2.75, 3.05) is 6.54 Å². The highest BCUT2D eigenvalue weighted by Crippen LogP contribution is 2.25. The molecule has 0 saturated carbocycles. The van der Waals surface area contributed by atoms with E-state index in [2.05, 4.69) is 0 Å². The van der Waals surface area contributed by atoms with Gasteiger partial charge in [0.15, 0.2) is 0 Å². The third kappa shape index (κ3) is 2.13. The standard InChI is InChI=1S/C12H12FNO4/c13-7-3-4-8(10(15)6-7)11(16)14-5-1-2-9(14)12(17)18/h3-4,6,9,15H,1-2,5H2,(H,17,18). The summed E-state index contributed by atoms with van der Waals surface area (Å²) in [6, 6.07) is 2.17. The summed E-state index contributed by atoms with van der Waals surface area (Å²) in [6.07, 6.45) is 0.994. The van der Waals surface area contributed by atoms with Gasteiger partial charge in [-0.2, -0.15) is 0 Å². The molecule has 18 heavy (non-hydrogen) atoms. The number of carbonyl (C=O) groups excluding carboxylic acids is 1. The molecule has 0 aliphatic carbocycles. The van der Waals surface area contributed by atoms with Gasteiger partial charge in [0.05, 0.1) is 5.56 Å². The lowest BCUT2D eigenvalue weighted by molar-refractivity contribution is -0.141. The molecular weight excluding hydrogens is 241 g/mol. The molecule has 0 radical (unpaired) electrons. The first-order valence-corrected chi connectivity index (χ1v) is 5.53. The van der Waals surface area contributed by atoms with Gasteiger partial charge < -0.3 is 15.1 Å². The van der Waals surface area contributed by atoms with Gasteiger partial charge in [0.2, 0.25) is 0 Å². The summed E-state index contributed by atoms with van der Waals surface area (Å²) in [5, 5.41) is 18.5. The molecule has 1 heterocycles. The molecule has 1 aromatic rings. The molecule has 0 spiro atoms. The van der Waals surface area contributed by atoms with Crippen molar-refractivity contribution in [1.82, 2.24) is 4.90 Å². The molecule has 2 N–H and O–H groups in total. The molecule has 1 aliphatic heterocycles. The Labute approximate surface area is 102 Å². The van der Waals surface area contributed by atoms with E-state index in [1.807, 2.05) is 0 Å². The number of aromatic hydroxyl groups is 1. The number of phenolic OH excluding ortho intramolecular Hbond substituents is 1. The van der Waals surface area contributed by atoms with Gasteiger partial charge in [-0.15, -0.1) is 0 Å². The van der Waals surface area contributed by atoms with Crippen LogP contribution in [0.3, 0.4) is 0 Å². The van der Waals surface area contributed by atoms with Gasteiger partial charge in [0.25, 0.3) is 5.91 Å². The monoisotopic (exact) mass is 253 g/mol. The molecule has 1 unspecified atom stereocenters. The van der Waals surface area contributed by atoms with Gasteiger partial charge in [-0.05, 0) is 25.0 Å². The van der Waals surface area contributed by atoms with Crippen molar-refractivity contribution in [1.29, 1.82) is 0 Å². The van der Waals surface area contributed by atoms with Crippen LogP contribution in [0.1, 0.15) is 23.2 Å². The van der Waals surface area contributed by atoms with E-state index < -0.39 is 29.5 Å². The Morgan fingerprint density at radius 2 is 2.11 bits per heavy atom. The van der Waals surface area contributed by atoms with Crippen molar-refractivity contribution in [3.05, 3.63) is 29.6 Å². The predicted octanol–water partition coefficient (Wildman–Crippen LogP) is 1.22. The van der Waals surface area contributed by atoms with Crippen LogP contribution in [0.4, 0.5) is 4.39 Å². The molecule has 1 aliphatic rings. The molecule has 0 bridgehead atoms. The SMILES string of the molecule is O=C(O)C1CCCN1C(=O)c1ccc(F)cc1O. The first-order valence-electron chi connectivity index (χ1n) is 5.53. The number of amides is 1. The molecule has 6 heteroatoms. The molecular formula is C12H12FNO4. The van der Waals surface area contributed by atoms with E-state index in [1.165, 1.54) is 4.90 Å². The summed E-state index contributed by atoms with van der Waals surface area (Å²) in [7, 11) is 0. The minimum Gasteiger partial charge on any atom is -0.507 e. The minimum absolute atomic E-state index is 0.0791. The second kappa shape index (κ2) is 4.64. The highest BCUT2D eigenvalue weighted by Gasteiger charge is 2.35. The molecule has 96 valence electrons. The lowest BCUT2D eigenvalue weighted by atomic mass is 10.1. The lowest BCUT2D eigenvalue weighted by Crippen LogP contribution is -2.40. The summed E-state index contributed by atoms with van der Waals surface area (Å²) < 4.78 is 12.8. The van der Waals surface area contributed by atoms with Crippen molar-refractivity contribution in [3.8, 4) is 5.75 Å². The van der Waals surface area contributed by atoms with E-state index in [0.717, 1.165) is 18.2 Å². The first-order chi connectivity index (χ1) is 8.50. The number of halogens is 1. The van der Waals surface area contributed by atoms with E-state index >= 15 is 0 Å². The Morgan fingerprint density at radius 1 is 1.39 bits per heavy atom. The van der Waals surface area contributed by atoms with Crippen LogP contribution in [0.5, 0.6) is 5.75 Å². The Bertz CT molecular complexity index is 503. The van der Waals surface area contributed by atoms with E-state index in [0.29, 0.717) is 19.4 Å². The highest BCUT2D eigenvalue weighted by atomic mass is 19.1. The number of hydrogen-bond donors (Lipinski definition) is 2. The smallest absolute Gasteiger partial charge is 0.326 e. The molecule has 1 aromatic carbocycles. The van der Waals surface area contributed by atoms with Crippen LogP contribution in [-0.4, -0.2) is 39.6 Å². The van der Waals surface area contributed by atoms with Crippen molar-refractivity contribution < 1.29 is 24.2 Å². The Hall–Kier alpha value is -2.11. The maximum Gasteiger partial charge on any atom is 0.326 e. The maximum atomic E-state index is 12.8. The quantitative estimate of drug-likeness (QED) is 0.830. The van der Waals surface area contributed by atoms with Crippen molar-refractivity contribution in [2.24, 2.45) is 0 Å². The lowest BCUT2D eigenvalue weighted by Gasteiger charge is -2.21. The number of nitrogens with zero attached hydrogens (tertiary/aromatic N) is 1. The Balaban J connectivity index is 2.28. The van der Waals surface area contributed by atoms with Crippen LogP contribution >= 0.6 is 0 Å². The fraction of sp³-hybridized carbons (Fsp3) is 0.333. The van der Waals surface area contributed by atoms with Crippen LogP contribution in [0, 0.1) is 5.82 Å². The number of carbonyl (C=O) groups is 2. The number of likely N-dealkylation sites (tertiary alicyclic amines) is 1. The third-order valence-corrected chi connectivity index (χ3v) is 2.99. The summed E-state index contributed by atoms with van der Waals surface area (Å²) in [6.45, 7) is 0.326. The average Bonchev–Trinajstić information content (AvgIpc) is 2.77. The summed E-state index contributed by atoms with van der Waals surface area (Å²) in [5.74, 6) is -2.78. The average molecular weight is 253 g/mol. The van der Waals surface area contributed by atoms with Gasteiger partial charge >= 0.3 is 5.97 Å². The third-order valence-electron chi connectivity index (χ3n) is 2.99. The highest BCUT2D eigenvalue weighted by molar-refractivity contribution is 5.99. The Morgan fingerprint density at radius 3 is 2.72 bits per heavy atom. The number of rotatable bonds is 2. The molecule has 1 atom stereocenters. The van der Waals surface area contributed by atoms with Crippen molar-refractivity contribution >= 4 is 11.9 Å². The first kappa shape index (κ1) is 12.3. The van der Waals surface area contributed by atoms with Crippen LogP contribution in [0.25, 0.3) is 0 Å². The van der Waals surface area contributed by atoms with Gasteiger partial charge in [0, 0.05) is 12.6 Å². The second-order valence-electron chi connectivity index (χ2n) is 4.16. The largest absolute Gasteiger partial charge is 0.507 e. The van der Waals surface area contributed by atoms with Crippen LogP contribution in [-0.2, 0) is 4.79 Å². The predicted molar refractivity (Wildman–Crippen MR) is 59.8 cm³/mol. The fourth-order valence-corrected chi connectivity index (χ4v) is 2.11. The normalized spacial score (nSPS) is 18.9. The number of benzene rings is 1. The molecule has 1 saturated heterocycles. The number of aliphatic carboxylic acids is 1. The number of hydrogen-bond acceptors (Lipinski definition) is 3. The number of carboxylic acid groups (broad SMARTS) is 1. The maximum absolute atomic E-state index is 12.8. The zero-order valence-corrected chi connectivity index (χ0v) is 9.47. The molecule has 2 rings (SSSR count). The minimum atomic E-state index is -1.07. The van der Waals surface area contributed by atoms with Crippen molar-refractivity contribution in [2.45, 2.75) is 18.9 Å². The fourth-order valence-electron chi connectivity index (χ4n) is 2.11. The summed E-state index contributed by atoms with van der Waals surface area (Å²) in [4.78, 5) is 24.2. The summed E-state index contributed by atoms with van der Waals surface area (Å²) >= 11 is 0. The molecule has 5 nitrogen and oxygen atoms in total. The molecule has 1 amide bonds. The van der Waals surface area contributed by atoms with E-state index in [4.69, 9.17) is 5.11 Å². The number of carboxylic acids is 1. The van der Waals surface area contributed by atoms with Crippen LogP contribution < -0.4 is 0 Å². The van der Waals surface area contributed by atoms with Crippen LogP contribution in [0.2, 0.25) is 0 Å². The van der Waals surface area contributed by atoms with Gasteiger partial charge in [0.1, 0.15) is 17.6 Å². The zero-order valence-electron chi connectivity index (χ0n) is 9.47. The van der Waals surface area contributed by atoms with Crippen molar-refractivity contribution in [3.63, 3.8) is 0 Å². The molecule has 1 fully saturated rings. The zero-order chi connectivity index (χ0) is 13.3. The second-order valence-corrected chi connectivity index (χ2v) is 4.16. The van der Waals surface area contributed by atoms with Gasteiger partial charge in [-0.1, -0.05) is 0 Å². The van der Waals surface area contributed by atoms with Gasteiger partial charge in [-0.3, -0.25) is 4.79 Å². The van der Waals surface area contributed by atoms with Gasteiger partial charge in [-0.25, -0.2) is 9.18 Å². The Kier molecular flexibility index (Phi) is 3.18. The van der Waals surface area contributed by atoms with E-state index in [1.54, 1.807) is 0 Å². The van der Waals surface area contributed by atoms with E-state index in [-0.39, 0.29) is 5.56 Å². The summed E-state index contributed by atoms with van der Waals surface area (Å²) in [5.41, 5.74) is -0.0791. The number of phenols is 1.